The van der Waals surface area contributed by atoms with E-state index >= 15 is 0 Å². The fourth-order valence-electron chi connectivity index (χ4n) is 3.34. The van der Waals surface area contributed by atoms with Crippen LogP contribution in [0.4, 0.5) is 18.9 Å². The second kappa shape index (κ2) is 9.18. The molecule has 1 amide bonds. The number of primary amides is 1. The number of sulfonamides is 1. The average Bonchev–Trinajstić information content (AvgIpc) is 2.73. The Kier molecular flexibility index (Phi) is 6.73. The van der Waals surface area contributed by atoms with Gasteiger partial charge in [0, 0.05) is 18.1 Å². The second-order valence-electron chi connectivity index (χ2n) is 7.42. The van der Waals surface area contributed by atoms with Crippen molar-refractivity contribution in [3.05, 3.63) is 89.0 Å². The average molecular weight is 478 g/mol. The van der Waals surface area contributed by atoms with Crippen LogP contribution in [0.1, 0.15) is 34.0 Å². The topological polar surface area (TPSA) is 106 Å². The van der Waals surface area contributed by atoms with E-state index in [4.69, 9.17) is 5.73 Å². The quantitative estimate of drug-likeness (QED) is 0.560. The molecular formula is C22H21F3N4O3S. The van der Waals surface area contributed by atoms with Crippen LogP contribution < -0.4 is 10.0 Å². The standard InChI is InChI=1S/C22H21F3N4O3S/c1-14-17(4-3-11-27-14)13-29(33(2,31)32)18-8-5-15(6-9-18)20(21(26)30)16-7-10-19(28-12-16)22(23,24)25/h3-12,20H,13H2,1-2H3,(H2,26,30). The largest absolute Gasteiger partial charge is 0.433 e. The summed E-state index contributed by atoms with van der Waals surface area (Å²) in [5.41, 5.74) is 6.75. The highest BCUT2D eigenvalue weighted by Gasteiger charge is 2.33. The van der Waals surface area contributed by atoms with Crippen LogP contribution in [0.3, 0.4) is 0 Å². The summed E-state index contributed by atoms with van der Waals surface area (Å²) in [5.74, 6) is -1.84. The lowest BCUT2D eigenvalue weighted by atomic mass is 9.91. The van der Waals surface area contributed by atoms with Crippen LogP contribution >= 0.6 is 0 Å². The fraction of sp³-hybridized carbons (Fsp3) is 0.227. The van der Waals surface area contributed by atoms with Crippen molar-refractivity contribution >= 4 is 21.6 Å². The number of carbonyl (C=O) groups excluding carboxylic acids is 1. The number of hydrogen-bond acceptors (Lipinski definition) is 5. The molecule has 0 spiro atoms. The number of nitrogens with two attached hydrogens (primary N) is 1. The fourth-order valence-corrected chi connectivity index (χ4v) is 4.22. The van der Waals surface area contributed by atoms with E-state index in [1.54, 1.807) is 25.3 Å². The first-order valence-electron chi connectivity index (χ1n) is 9.68. The van der Waals surface area contributed by atoms with E-state index in [9.17, 15) is 26.4 Å². The van der Waals surface area contributed by atoms with Crippen molar-refractivity contribution in [3.63, 3.8) is 0 Å². The van der Waals surface area contributed by atoms with E-state index in [0.29, 0.717) is 16.9 Å². The van der Waals surface area contributed by atoms with Gasteiger partial charge in [-0.3, -0.25) is 19.1 Å². The Morgan fingerprint density at radius 3 is 2.18 bits per heavy atom. The molecule has 0 aliphatic heterocycles. The van der Waals surface area contributed by atoms with Crippen molar-refractivity contribution < 1.29 is 26.4 Å². The van der Waals surface area contributed by atoms with Crippen LogP contribution in [0.2, 0.25) is 0 Å². The summed E-state index contributed by atoms with van der Waals surface area (Å²) in [4.78, 5) is 19.7. The van der Waals surface area contributed by atoms with E-state index in [1.807, 2.05) is 0 Å². The van der Waals surface area contributed by atoms with Crippen LogP contribution in [-0.2, 0) is 27.5 Å². The number of carbonyl (C=O) groups is 1. The van der Waals surface area contributed by atoms with Gasteiger partial charge in [0.2, 0.25) is 15.9 Å². The predicted octanol–water partition coefficient (Wildman–Crippen LogP) is 3.39. The number of amides is 1. The van der Waals surface area contributed by atoms with Crippen molar-refractivity contribution in [2.75, 3.05) is 10.6 Å². The molecule has 1 aromatic carbocycles. The Bertz CT molecular complexity index is 1250. The Balaban J connectivity index is 1.94. The minimum Gasteiger partial charge on any atom is -0.369 e. The van der Waals surface area contributed by atoms with E-state index in [2.05, 4.69) is 9.97 Å². The molecule has 0 aliphatic rings. The van der Waals surface area contributed by atoms with Crippen molar-refractivity contribution in [1.82, 2.24) is 9.97 Å². The zero-order chi connectivity index (χ0) is 24.4. The number of aryl methyl sites for hydroxylation is 1. The number of aromatic nitrogens is 2. The summed E-state index contributed by atoms with van der Waals surface area (Å²) in [6, 6.07) is 11.4. The van der Waals surface area contributed by atoms with Gasteiger partial charge < -0.3 is 5.73 Å². The molecule has 2 N–H and O–H groups in total. The summed E-state index contributed by atoms with van der Waals surface area (Å²) in [7, 11) is -3.66. The van der Waals surface area contributed by atoms with Gasteiger partial charge in [0.05, 0.1) is 24.4 Å². The van der Waals surface area contributed by atoms with E-state index in [1.165, 1.54) is 28.6 Å². The highest BCUT2D eigenvalue weighted by molar-refractivity contribution is 7.92. The van der Waals surface area contributed by atoms with Gasteiger partial charge in [-0.05, 0) is 47.9 Å². The maximum atomic E-state index is 12.8. The highest BCUT2D eigenvalue weighted by atomic mass is 32.2. The normalized spacial score (nSPS) is 12.9. The molecule has 0 saturated carbocycles. The Morgan fingerprint density at radius 2 is 1.70 bits per heavy atom. The molecule has 2 heterocycles. The Hall–Kier alpha value is -3.47. The molecule has 2 aromatic heterocycles. The van der Waals surface area contributed by atoms with Crippen LogP contribution in [0.25, 0.3) is 0 Å². The smallest absolute Gasteiger partial charge is 0.369 e. The summed E-state index contributed by atoms with van der Waals surface area (Å²) < 4.78 is 64.4. The minimum atomic E-state index is -4.61. The number of rotatable bonds is 7. The molecule has 0 saturated heterocycles. The van der Waals surface area contributed by atoms with Gasteiger partial charge in [-0.1, -0.05) is 24.3 Å². The van der Waals surface area contributed by atoms with Crippen LogP contribution in [-0.4, -0.2) is 30.5 Å². The molecule has 174 valence electrons. The molecule has 33 heavy (non-hydrogen) atoms. The first-order valence-corrected chi connectivity index (χ1v) is 11.5. The summed E-state index contributed by atoms with van der Waals surface area (Å²) in [5, 5.41) is 0. The first-order chi connectivity index (χ1) is 15.4. The first kappa shape index (κ1) is 24.2. The molecule has 1 unspecified atom stereocenters. The molecule has 3 rings (SSSR count). The van der Waals surface area contributed by atoms with E-state index < -0.39 is 33.7 Å². The lowest BCUT2D eigenvalue weighted by Crippen LogP contribution is -2.30. The van der Waals surface area contributed by atoms with Gasteiger partial charge in [-0.25, -0.2) is 8.42 Å². The lowest BCUT2D eigenvalue weighted by Gasteiger charge is -2.24. The summed E-state index contributed by atoms with van der Waals surface area (Å²) >= 11 is 0. The van der Waals surface area contributed by atoms with Crippen LogP contribution in [0.15, 0.2) is 60.9 Å². The number of benzene rings is 1. The van der Waals surface area contributed by atoms with Crippen molar-refractivity contribution in [3.8, 4) is 0 Å². The van der Waals surface area contributed by atoms with Gasteiger partial charge >= 0.3 is 6.18 Å². The third kappa shape index (κ3) is 5.67. The van der Waals surface area contributed by atoms with Gasteiger partial charge in [-0.15, -0.1) is 0 Å². The van der Waals surface area contributed by atoms with Gasteiger partial charge in [0.15, 0.2) is 0 Å². The van der Waals surface area contributed by atoms with E-state index in [0.717, 1.165) is 30.1 Å². The molecular weight excluding hydrogens is 457 g/mol. The molecule has 0 aliphatic carbocycles. The monoisotopic (exact) mass is 478 g/mol. The Labute approximate surface area is 189 Å². The molecule has 11 heteroatoms. The zero-order valence-electron chi connectivity index (χ0n) is 17.7. The Morgan fingerprint density at radius 1 is 1.06 bits per heavy atom. The molecule has 0 radical (unpaired) electrons. The minimum absolute atomic E-state index is 0.0555. The van der Waals surface area contributed by atoms with Crippen LogP contribution in [0, 0.1) is 6.92 Å². The predicted molar refractivity (Wildman–Crippen MR) is 117 cm³/mol. The summed E-state index contributed by atoms with van der Waals surface area (Å²) in [6.45, 7) is 1.83. The van der Waals surface area contributed by atoms with Crippen molar-refractivity contribution in [2.24, 2.45) is 5.73 Å². The second-order valence-corrected chi connectivity index (χ2v) is 9.33. The van der Waals surface area contributed by atoms with Crippen LogP contribution in [0.5, 0.6) is 0 Å². The molecule has 7 nitrogen and oxygen atoms in total. The molecule has 0 bridgehead atoms. The number of anilines is 1. The third-order valence-corrected chi connectivity index (χ3v) is 6.18. The molecule has 1 atom stereocenters. The number of nitrogens with zero attached hydrogens (tertiary/aromatic N) is 3. The van der Waals surface area contributed by atoms with Gasteiger partial charge in [0.25, 0.3) is 0 Å². The number of alkyl halides is 3. The van der Waals surface area contributed by atoms with Crippen molar-refractivity contribution in [1.29, 1.82) is 0 Å². The van der Waals surface area contributed by atoms with E-state index in [-0.39, 0.29) is 12.1 Å². The lowest BCUT2D eigenvalue weighted by molar-refractivity contribution is -0.141. The number of halogens is 3. The zero-order valence-corrected chi connectivity index (χ0v) is 18.6. The number of hydrogen-bond donors (Lipinski definition) is 1. The maximum Gasteiger partial charge on any atom is 0.433 e. The summed E-state index contributed by atoms with van der Waals surface area (Å²) in [6.07, 6.45) is -0.963. The number of pyridine rings is 2. The molecule has 3 aromatic rings. The highest BCUT2D eigenvalue weighted by Crippen LogP contribution is 2.31. The van der Waals surface area contributed by atoms with Gasteiger partial charge in [0.1, 0.15) is 5.69 Å². The van der Waals surface area contributed by atoms with Gasteiger partial charge in [-0.2, -0.15) is 13.2 Å². The maximum absolute atomic E-state index is 12.8. The SMILES string of the molecule is Cc1ncccc1CN(c1ccc(C(C(N)=O)c2ccc(C(F)(F)F)nc2)cc1)S(C)(=O)=O. The third-order valence-electron chi connectivity index (χ3n) is 5.04. The molecule has 0 fully saturated rings. The van der Waals surface area contributed by atoms with Crippen molar-refractivity contribution in [2.45, 2.75) is 25.6 Å².